The van der Waals surface area contributed by atoms with Crippen LogP contribution in [0.2, 0.25) is 0 Å². The Kier molecular flexibility index (Phi) is 4.32. The lowest BCUT2D eigenvalue weighted by molar-refractivity contribution is 0.0585. The van der Waals surface area contributed by atoms with Crippen molar-refractivity contribution in [2.75, 3.05) is 26.2 Å². The number of piperidine rings is 2. The van der Waals surface area contributed by atoms with Gasteiger partial charge in [0.2, 0.25) is 0 Å². The summed E-state index contributed by atoms with van der Waals surface area (Å²) in [4.78, 5) is 25.5. The summed E-state index contributed by atoms with van der Waals surface area (Å²) in [6, 6.07) is 10.8. The van der Waals surface area contributed by atoms with Gasteiger partial charge in [0.05, 0.1) is 11.0 Å². The summed E-state index contributed by atoms with van der Waals surface area (Å²) < 4.78 is 0. The molecule has 1 amide bonds. The summed E-state index contributed by atoms with van der Waals surface area (Å²) in [5.41, 5.74) is 2.57. The zero-order valence-electron chi connectivity index (χ0n) is 15.7. The second kappa shape index (κ2) is 6.97. The molecule has 0 spiro atoms. The molecule has 2 aliphatic heterocycles. The quantitative estimate of drug-likeness (QED) is 0.754. The summed E-state index contributed by atoms with van der Waals surface area (Å²) in [7, 11) is 0. The number of hydrogen-bond donors (Lipinski definition) is 1. The van der Waals surface area contributed by atoms with Gasteiger partial charge in [-0.05, 0) is 50.9 Å². The molecule has 0 radical (unpaired) electrons. The molecule has 27 heavy (non-hydrogen) atoms. The molecule has 2 aromatic heterocycles. The number of carbonyl (C=O) groups excluding carboxylic acids is 1. The van der Waals surface area contributed by atoms with E-state index in [-0.39, 0.29) is 5.91 Å². The predicted molar refractivity (Wildman–Crippen MR) is 108 cm³/mol. The Balaban J connectivity index is 1.33. The highest BCUT2D eigenvalue weighted by atomic mass is 16.2. The summed E-state index contributed by atoms with van der Waals surface area (Å²) in [5.74, 6) is 0.118. The highest BCUT2D eigenvalue weighted by Crippen LogP contribution is 2.26. The maximum absolute atomic E-state index is 13.0. The van der Waals surface area contributed by atoms with Crippen LogP contribution in [0, 0.1) is 0 Å². The summed E-state index contributed by atoms with van der Waals surface area (Å²) in [6.45, 7) is 4.18. The first-order valence-electron chi connectivity index (χ1n) is 10.2. The van der Waals surface area contributed by atoms with E-state index >= 15 is 0 Å². The van der Waals surface area contributed by atoms with E-state index in [0.717, 1.165) is 47.7 Å². The van der Waals surface area contributed by atoms with Gasteiger partial charge < -0.3 is 14.8 Å². The standard InChI is InChI=1S/C22H26N4O/c27-22(26-13-8-18(9-14-26)25-11-2-1-3-12-25)19-15-17-7-6-16-5-4-10-23-20(16)21(17)24-19/h4-7,10,15,18,24H,1-3,8-9,11-14H2. The maximum Gasteiger partial charge on any atom is 0.270 e. The van der Waals surface area contributed by atoms with Gasteiger partial charge in [0, 0.05) is 36.1 Å². The number of amides is 1. The normalized spacial score (nSPS) is 19.8. The Morgan fingerprint density at radius 2 is 1.78 bits per heavy atom. The van der Waals surface area contributed by atoms with Crippen molar-refractivity contribution in [1.82, 2.24) is 19.8 Å². The van der Waals surface area contributed by atoms with Gasteiger partial charge in [0.15, 0.2) is 0 Å². The molecule has 2 aliphatic rings. The lowest BCUT2D eigenvalue weighted by atomic mass is 10.00. The molecule has 5 rings (SSSR count). The third-order valence-corrected chi connectivity index (χ3v) is 6.26. The minimum atomic E-state index is 0.118. The Morgan fingerprint density at radius 1 is 1.00 bits per heavy atom. The number of fused-ring (bicyclic) bond motifs is 3. The largest absolute Gasteiger partial charge is 0.349 e. The van der Waals surface area contributed by atoms with Crippen molar-refractivity contribution in [3.63, 3.8) is 0 Å². The molecule has 2 fully saturated rings. The molecule has 1 N–H and O–H groups in total. The highest BCUT2D eigenvalue weighted by Gasteiger charge is 2.28. The molecule has 0 aliphatic carbocycles. The van der Waals surface area contributed by atoms with Gasteiger partial charge in [-0.1, -0.05) is 24.6 Å². The molecule has 4 heterocycles. The van der Waals surface area contributed by atoms with Gasteiger partial charge in [-0.15, -0.1) is 0 Å². The van der Waals surface area contributed by atoms with E-state index < -0.39 is 0 Å². The molecule has 5 nitrogen and oxygen atoms in total. The zero-order valence-corrected chi connectivity index (χ0v) is 15.7. The zero-order chi connectivity index (χ0) is 18.2. The molecule has 0 unspecified atom stereocenters. The lowest BCUT2D eigenvalue weighted by Crippen LogP contribution is -2.48. The number of carbonyl (C=O) groups is 1. The number of rotatable bonds is 2. The number of nitrogens with zero attached hydrogens (tertiary/aromatic N) is 3. The number of nitrogens with one attached hydrogen (secondary N) is 1. The SMILES string of the molecule is O=C(c1cc2ccc3cccnc3c2[nH]1)N1CCC(N2CCCCC2)CC1. The highest BCUT2D eigenvalue weighted by molar-refractivity contribution is 6.07. The third-order valence-electron chi connectivity index (χ3n) is 6.26. The van der Waals surface area contributed by atoms with Gasteiger partial charge in [0.1, 0.15) is 5.69 Å². The van der Waals surface area contributed by atoms with Crippen LogP contribution in [0.15, 0.2) is 36.5 Å². The number of H-pyrrole nitrogens is 1. The van der Waals surface area contributed by atoms with Crippen molar-refractivity contribution in [2.24, 2.45) is 0 Å². The van der Waals surface area contributed by atoms with Crippen molar-refractivity contribution in [3.8, 4) is 0 Å². The fourth-order valence-electron chi connectivity index (χ4n) is 4.74. The Hall–Kier alpha value is -2.40. The van der Waals surface area contributed by atoms with Gasteiger partial charge in [-0.25, -0.2) is 0 Å². The number of aromatic nitrogens is 2. The smallest absolute Gasteiger partial charge is 0.270 e. The summed E-state index contributed by atoms with van der Waals surface area (Å²) >= 11 is 0. The fourth-order valence-corrected chi connectivity index (χ4v) is 4.74. The Labute approximate surface area is 159 Å². The minimum Gasteiger partial charge on any atom is -0.349 e. The number of benzene rings is 1. The van der Waals surface area contributed by atoms with Gasteiger partial charge in [-0.3, -0.25) is 9.78 Å². The van der Waals surface area contributed by atoms with Crippen LogP contribution in [0.5, 0.6) is 0 Å². The van der Waals surface area contributed by atoms with Crippen LogP contribution in [-0.4, -0.2) is 57.9 Å². The van der Waals surface area contributed by atoms with Crippen LogP contribution in [0.4, 0.5) is 0 Å². The molecule has 3 aromatic rings. The third kappa shape index (κ3) is 3.10. The lowest BCUT2D eigenvalue weighted by Gasteiger charge is -2.40. The van der Waals surface area contributed by atoms with Crippen molar-refractivity contribution in [1.29, 1.82) is 0 Å². The van der Waals surface area contributed by atoms with Crippen LogP contribution in [-0.2, 0) is 0 Å². The van der Waals surface area contributed by atoms with E-state index in [1.165, 1.54) is 32.4 Å². The monoisotopic (exact) mass is 362 g/mol. The molecule has 140 valence electrons. The number of pyridine rings is 1. The van der Waals surface area contributed by atoms with Gasteiger partial charge >= 0.3 is 0 Å². The fraction of sp³-hybridized carbons (Fsp3) is 0.455. The average Bonchev–Trinajstić information content (AvgIpc) is 3.19. The Bertz CT molecular complexity index is 965. The topological polar surface area (TPSA) is 52.2 Å². The maximum atomic E-state index is 13.0. The molecule has 1 aromatic carbocycles. The van der Waals surface area contributed by atoms with E-state index in [4.69, 9.17) is 0 Å². The van der Waals surface area contributed by atoms with Crippen LogP contribution in [0.3, 0.4) is 0 Å². The van der Waals surface area contributed by atoms with Gasteiger partial charge in [0.25, 0.3) is 5.91 Å². The van der Waals surface area contributed by atoms with Crippen LogP contribution in [0.1, 0.15) is 42.6 Å². The molecule has 0 bridgehead atoms. The van der Waals surface area contributed by atoms with Gasteiger partial charge in [-0.2, -0.15) is 0 Å². The second-order valence-corrected chi connectivity index (χ2v) is 7.91. The Morgan fingerprint density at radius 3 is 2.59 bits per heavy atom. The minimum absolute atomic E-state index is 0.118. The molecule has 0 atom stereocenters. The number of hydrogen-bond acceptors (Lipinski definition) is 3. The van der Waals surface area contributed by atoms with Crippen molar-refractivity contribution >= 4 is 27.7 Å². The number of likely N-dealkylation sites (tertiary alicyclic amines) is 2. The molecular weight excluding hydrogens is 336 g/mol. The first-order valence-corrected chi connectivity index (χ1v) is 10.2. The van der Waals surface area contributed by atoms with Crippen LogP contribution < -0.4 is 0 Å². The predicted octanol–water partition coefficient (Wildman–Crippen LogP) is 3.81. The number of aromatic amines is 1. The van der Waals surface area contributed by atoms with Crippen molar-refractivity contribution in [3.05, 3.63) is 42.2 Å². The van der Waals surface area contributed by atoms with E-state index in [0.29, 0.717) is 11.7 Å². The molecule has 5 heteroatoms. The van der Waals surface area contributed by atoms with E-state index in [9.17, 15) is 4.79 Å². The molecule has 2 saturated heterocycles. The molecule has 0 saturated carbocycles. The average molecular weight is 362 g/mol. The summed E-state index contributed by atoms with van der Waals surface area (Å²) in [6.07, 6.45) is 8.02. The first kappa shape index (κ1) is 16.8. The van der Waals surface area contributed by atoms with Crippen LogP contribution >= 0.6 is 0 Å². The molecular formula is C22H26N4O. The van der Waals surface area contributed by atoms with E-state index in [2.05, 4.69) is 33.1 Å². The summed E-state index contributed by atoms with van der Waals surface area (Å²) in [5, 5.41) is 2.14. The van der Waals surface area contributed by atoms with E-state index in [1.54, 1.807) is 6.20 Å². The van der Waals surface area contributed by atoms with Crippen LogP contribution in [0.25, 0.3) is 21.8 Å². The first-order chi connectivity index (χ1) is 13.3. The van der Waals surface area contributed by atoms with Crippen molar-refractivity contribution in [2.45, 2.75) is 38.1 Å². The van der Waals surface area contributed by atoms with Crippen molar-refractivity contribution < 1.29 is 4.79 Å². The van der Waals surface area contributed by atoms with E-state index in [1.807, 2.05) is 17.0 Å². The second-order valence-electron chi connectivity index (χ2n) is 7.91.